The zero-order valence-corrected chi connectivity index (χ0v) is 11.4. The van der Waals surface area contributed by atoms with Crippen LogP contribution < -0.4 is 0 Å². The van der Waals surface area contributed by atoms with Gasteiger partial charge in [-0.1, -0.05) is 18.6 Å². The Kier molecular flexibility index (Phi) is 6.43. The van der Waals surface area contributed by atoms with Gasteiger partial charge in [0, 0.05) is 12.8 Å². The molecule has 2 rings (SSSR count). The summed E-state index contributed by atoms with van der Waals surface area (Å²) in [6, 6.07) is 5.90. The van der Waals surface area contributed by atoms with Crippen LogP contribution in [-0.2, 0) is 9.53 Å². The SMILES string of the molecule is COC(=O)c1ccccc1C(=O)O.O=C1CCCCC1. The minimum Gasteiger partial charge on any atom is -0.478 e. The molecule has 1 aromatic carbocycles. The van der Waals surface area contributed by atoms with Gasteiger partial charge in [0.25, 0.3) is 0 Å². The van der Waals surface area contributed by atoms with Crippen LogP contribution >= 0.6 is 0 Å². The van der Waals surface area contributed by atoms with Crippen molar-refractivity contribution in [2.24, 2.45) is 0 Å². The van der Waals surface area contributed by atoms with Gasteiger partial charge in [0.1, 0.15) is 5.78 Å². The van der Waals surface area contributed by atoms with Crippen molar-refractivity contribution in [3.05, 3.63) is 35.4 Å². The van der Waals surface area contributed by atoms with Gasteiger partial charge >= 0.3 is 11.9 Å². The van der Waals surface area contributed by atoms with Crippen molar-refractivity contribution < 1.29 is 24.2 Å². The van der Waals surface area contributed by atoms with Gasteiger partial charge in [0.05, 0.1) is 18.2 Å². The molecule has 0 atom stereocenters. The summed E-state index contributed by atoms with van der Waals surface area (Å²) in [7, 11) is 1.21. The van der Waals surface area contributed by atoms with Gasteiger partial charge in [-0.05, 0) is 25.0 Å². The first kappa shape index (κ1) is 15.9. The fraction of sp³-hybridized carbons (Fsp3) is 0.400. The zero-order chi connectivity index (χ0) is 15.0. The number of ketones is 1. The highest BCUT2D eigenvalue weighted by atomic mass is 16.5. The van der Waals surface area contributed by atoms with Crippen LogP contribution in [0.25, 0.3) is 0 Å². The van der Waals surface area contributed by atoms with E-state index in [2.05, 4.69) is 4.74 Å². The Bertz CT molecular complexity index is 485. The lowest BCUT2D eigenvalue weighted by atomic mass is 10.00. The minimum atomic E-state index is -1.14. The second-order valence-corrected chi connectivity index (χ2v) is 4.44. The average Bonchev–Trinajstić information content (AvgIpc) is 2.48. The normalized spacial score (nSPS) is 13.9. The number of methoxy groups -OCH3 is 1. The maximum atomic E-state index is 11.1. The Labute approximate surface area is 117 Å². The highest BCUT2D eigenvalue weighted by Gasteiger charge is 2.15. The molecule has 1 aliphatic rings. The van der Waals surface area contributed by atoms with Gasteiger partial charge in [-0.25, -0.2) is 9.59 Å². The lowest BCUT2D eigenvalue weighted by Gasteiger charge is -2.05. The van der Waals surface area contributed by atoms with Gasteiger partial charge in [-0.2, -0.15) is 0 Å². The van der Waals surface area contributed by atoms with Crippen LogP contribution in [0, 0.1) is 0 Å². The second-order valence-electron chi connectivity index (χ2n) is 4.44. The number of esters is 1. The standard InChI is InChI=1S/C9H8O4.C6H10O/c1-13-9(12)7-5-3-2-4-6(7)8(10)11;7-6-4-2-1-3-5-6/h2-5H,1H3,(H,10,11);1-5H2. The zero-order valence-electron chi connectivity index (χ0n) is 11.4. The topological polar surface area (TPSA) is 80.7 Å². The largest absolute Gasteiger partial charge is 0.478 e. The third-order valence-electron chi connectivity index (χ3n) is 2.97. The molecule has 0 saturated heterocycles. The first-order chi connectivity index (χ1) is 9.56. The molecule has 0 spiro atoms. The van der Waals surface area contributed by atoms with E-state index in [1.54, 1.807) is 12.1 Å². The third kappa shape index (κ3) is 4.84. The van der Waals surface area contributed by atoms with Crippen LogP contribution in [0.5, 0.6) is 0 Å². The lowest BCUT2D eigenvalue weighted by Crippen LogP contribution is -2.09. The molecule has 20 heavy (non-hydrogen) atoms. The summed E-state index contributed by atoms with van der Waals surface area (Å²) in [6.07, 6.45) is 5.24. The predicted octanol–water partition coefficient (Wildman–Crippen LogP) is 2.69. The molecule has 0 amide bonds. The molecule has 0 bridgehead atoms. The first-order valence-corrected chi connectivity index (χ1v) is 6.48. The molecule has 1 aliphatic carbocycles. The molecule has 0 aromatic heterocycles. The Morgan fingerprint density at radius 2 is 1.60 bits per heavy atom. The number of ether oxygens (including phenoxy) is 1. The molecule has 1 saturated carbocycles. The summed E-state index contributed by atoms with van der Waals surface area (Å²) in [5.74, 6) is -1.31. The van der Waals surface area contributed by atoms with Crippen LogP contribution in [-0.4, -0.2) is 29.9 Å². The van der Waals surface area contributed by atoms with E-state index in [0.717, 1.165) is 25.7 Å². The van der Waals surface area contributed by atoms with E-state index in [4.69, 9.17) is 5.11 Å². The highest BCUT2D eigenvalue weighted by molar-refractivity contribution is 6.02. The molecular weight excluding hydrogens is 260 g/mol. The molecule has 1 N–H and O–H groups in total. The number of carboxylic acid groups (broad SMARTS) is 1. The van der Waals surface area contributed by atoms with E-state index in [0.29, 0.717) is 5.78 Å². The number of carboxylic acids is 1. The molecule has 0 heterocycles. The minimum absolute atomic E-state index is 0.0469. The lowest BCUT2D eigenvalue weighted by molar-refractivity contribution is -0.120. The van der Waals surface area contributed by atoms with Crippen LogP contribution in [0.2, 0.25) is 0 Å². The van der Waals surface area contributed by atoms with Crippen LogP contribution in [0.1, 0.15) is 52.8 Å². The van der Waals surface area contributed by atoms with E-state index in [9.17, 15) is 14.4 Å². The summed E-state index contributed by atoms with van der Waals surface area (Å²) in [4.78, 5) is 32.2. The predicted molar refractivity (Wildman–Crippen MR) is 72.8 cm³/mol. The van der Waals surface area contributed by atoms with Gasteiger partial charge in [-0.3, -0.25) is 4.79 Å². The molecular formula is C15H18O5. The van der Waals surface area contributed by atoms with Crippen molar-refractivity contribution in [1.82, 2.24) is 0 Å². The summed E-state index contributed by atoms with van der Waals surface area (Å²) in [5.41, 5.74) is 0.0202. The number of benzene rings is 1. The number of carbonyl (C=O) groups excluding carboxylic acids is 2. The van der Waals surface area contributed by atoms with Crippen molar-refractivity contribution in [3.63, 3.8) is 0 Å². The average molecular weight is 278 g/mol. The Hall–Kier alpha value is -2.17. The maximum absolute atomic E-state index is 11.1. The number of hydrogen-bond acceptors (Lipinski definition) is 4. The molecule has 0 aliphatic heterocycles. The highest BCUT2D eigenvalue weighted by Crippen LogP contribution is 2.12. The Morgan fingerprint density at radius 1 is 1.05 bits per heavy atom. The first-order valence-electron chi connectivity index (χ1n) is 6.48. The number of aromatic carboxylic acids is 1. The molecule has 0 radical (unpaired) electrons. The number of Topliss-reactive ketones (excluding diaryl/α,β-unsaturated/α-hetero) is 1. The molecule has 5 nitrogen and oxygen atoms in total. The number of rotatable bonds is 2. The van der Waals surface area contributed by atoms with Gasteiger partial charge in [0.15, 0.2) is 0 Å². The molecule has 0 unspecified atom stereocenters. The molecule has 1 aromatic rings. The van der Waals surface area contributed by atoms with E-state index in [1.165, 1.54) is 25.7 Å². The van der Waals surface area contributed by atoms with E-state index >= 15 is 0 Å². The van der Waals surface area contributed by atoms with Crippen molar-refractivity contribution in [2.45, 2.75) is 32.1 Å². The Balaban J connectivity index is 0.000000240. The van der Waals surface area contributed by atoms with Crippen molar-refractivity contribution in [2.75, 3.05) is 7.11 Å². The van der Waals surface area contributed by atoms with E-state index in [1.807, 2.05) is 0 Å². The summed E-state index contributed by atoms with van der Waals surface area (Å²) in [5, 5.41) is 8.70. The smallest absolute Gasteiger partial charge is 0.338 e. The molecule has 108 valence electrons. The summed E-state index contributed by atoms with van der Waals surface area (Å²) < 4.78 is 4.42. The second kappa shape index (κ2) is 8.09. The quantitative estimate of drug-likeness (QED) is 0.841. The number of carbonyl (C=O) groups is 3. The molecule has 5 heteroatoms. The van der Waals surface area contributed by atoms with Gasteiger partial charge < -0.3 is 9.84 Å². The van der Waals surface area contributed by atoms with Crippen LogP contribution in [0.15, 0.2) is 24.3 Å². The van der Waals surface area contributed by atoms with Crippen molar-refractivity contribution in [1.29, 1.82) is 0 Å². The number of hydrogen-bond donors (Lipinski definition) is 1. The van der Waals surface area contributed by atoms with E-state index < -0.39 is 11.9 Å². The van der Waals surface area contributed by atoms with E-state index in [-0.39, 0.29) is 11.1 Å². The summed E-state index contributed by atoms with van der Waals surface area (Å²) >= 11 is 0. The van der Waals surface area contributed by atoms with Crippen LogP contribution in [0.4, 0.5) is 0 Å². The molecule has 1 fully saturated rings. The fourth-order valence-corrected chi connectivity index (χ4v) is 1.90. The summed E-state index contributed by atoms with van der Waals surface area (Å²) in [6.45, 7) is 0. The third-order valence-corrected chi connectivity index (χ3v) is 2.97. The van der Waals surface area contributed by atoms with Crippen molar-refractivity contribution >= 4 is 17.7 Å². The maximum Gasteiger partial charge on any atom is 0.338 e. The van der Waals surface area contributed by atoms with Gasteiger partial charge in [0.2, 0.25) is 0 Å². The fourth-order valence-electron chi connectivity index (χ4n) is 1.90. The monoisotopic (exact) mass is 278 g/mol. The van der Waals surface area contributed by atoms with Crippen LogP contribution in [0.3, 0.4) is 0 Å². The Morgan fingerprint density at radius 3 is 2.00 bits per heavy atom. The van der Waals surface area contributed by atoms with Gasteiger partial charge in [-0.15, -0.1) is 0 Å². The van der Waals surface area contributed by atoms with Crippen molar-refractivity contribution in [3.8, 4) is 0 Å².